The summed E-state index contributed by atoms with van der Waals surface area (Å²) in [5.74, 6) is 0.251. The number of aliphatic hydroxyl groups is 1. The fraction of sp³-hybridized carbons (Fsp3) is 0.438. The summed E-state index contributed by atoms with van der Waals surface area (Å²) in [6, 6.07) is 10.3. The van der Waals surface area contributed by atoms with E-state index in [4.69, 9.17) is 5.11 Å². The topological polar surface area (TPSA) is 45.1 Å². The first-order valence-electron chi connectivity index (χ1n) is 6.98. The molecular weight excluding hydrogens is 236 g/mol. The van der Waals surface area contributed by atoms with Crippen molar-refractivity contribution in [1.82, 2.24) is 4.98 Å². The van der Waals surface area contributed by atoms with Crippen molar-refractivity contribution in [3.05, 3.63) is 36.0 Å². The Kier molecular flexibility index (Phi) is 4.74. The van der Waals surface area contributed by atoms with E-state index < -0.39 is 0 Å². The lowest BCUT2D eigenvalue weighted by molar-refractivity contribution is 0.244. The first kappa shape index (κ1) is 13.8. The number of nitrogens with zero attached hydrogens (tertiary/aromatic N) is 1. The van der Waals surface area contributed by atoms with Crippen molar-refractivity contribution in [1.29, 1.82) is 0 Å². The van der Waals surface area contributed by atoms with Gasteiger partial charge in [-0.15, -0.1) is 0 Å². The minimum absolute atomic E-state index is 0.206. The number of pyridine rings is 1. The summed E-state index contributed by atoms with van der Waals surface area (Å²) in [5.41, 5.74) is 3.28. The number of hydrogen-bond acceptors (Lipinski definition) is 3. The van der Waals surface area contributed by atoms with Crippen LogP contribution < -0.4 is 5.32 Å². The van der Waals surface area contributed by atoms with Crippen molar-refractivity contribution >= 4 is 16.6 Å². The molecule has 0 aliphatic carbocycles. The molecule has 0 saturated carbocycles. The second-order valence-electron chi connectivity index (χ2n) is 5.10. The van der Waals surface area contributed by atoms with Gasteiger partial charge in [0.15, 0.2) is 0 Å². The largest absolute Gasteiger partial charge is 0.396 e. The molecule has 1 atom stereocenters. The van der Waals surface area contributed by atoms with Crippen molar-refractivity contribution < 1.29 is 5.11 Å². The second-order valence-corrected chi connectivity index (χ2v) is 5.10. The molecule has 0 bridgehead atoms. The van der Waals surface area contributed by atoms with E-state index in [0.717, 1.165) is 41.7 Å². The molecule has 0 radical (unpaired) electrons. The number of rotatable bonds is 6. The molecule has 19 heavy (non-hydrogen) atoms. The van der Waals surface area contributed by atoms with Crippen LogP contribution in [0.25, 0.3) is 10.9 Å². The normalized spacial score (nSPS) is 12.6. The van der Waals surface area contributed by atoms with Gasteiger partial charge in [0.05, 0.1) is 5.52 Å². The molecule has 1 heterocycles. The predicted octanol–water partition coefficient (Wildman–Crippen LogP) is 3.23. The van der Waals surface area contributed by atoms with Gasteiger partial charge in [-0.1, -0.05) is 38.5 Å². The van der Waals surface area contributed by atoms with Crippen LogP contribution in [-0.2, 0) is 6.42 Å². The molecule has 1 aromatic heterocycles. The molecule has 2 aromatic rings. The number of nitrogens with one attached hydrogen (secondary N) is 1. The Morgan fingerprint density at radius 2 is 2.11 bits per heavy atom. The zero-order valence-electron chi connectivity index (χ0n) is 11.7. The van der Waals surface area contributed by atoms with Crippen LogP contribution in [-0.4, -0.2) is 23.2 Å². The van der Waals surface area contributed by atoms with Gasteiger partial charge in [-0.2, -0.15) is 0 Å². The van der Waals surface area contributed by atoms with Gasteiger partial charge in [-0.25, -0.2) is 0 Å². The third-order valence-electron chi connectivity index (χ3n) is 3.23. The maximum Gasteiger partial charge on any atom is 0.0726 e. The van der Waals surface area contributed by atoms with Crippen LogP contribution in [0.1, 0.15) is 26.0 Å². The van der Waals surface area contributed by atoms with Gasteiger partial charge in [-0.3, -0.25) is 4.98 Å². The predicted molar refractivity (Wildman–Crippen MR) is 80.5 cm³/mol. The van der Waals surface area contributed by atoms with E-state index in [-0.39, 0.29) is 12.5 Å². The van der Waals surface area contributed by atoms with Gasteiger partial charge >= 0.3 is 0 Å². The first-order valence-corrected chi connectivity index (χ1v) is 6.98. The van der Waals surface area contributed by atoms with Crippen LogP contribution in [0, 0.1) is 5.92 Å². The standard InChI is InChI=1S/C16H22N2O/c1-3-6-13-9-16(17-10-12(2)11-19)14-7-4-5-8-15(14)18-13/h4-5,7-9,12,19H,3,6,10-11H2,1-2H3,(H,17,18). The molecule has 2 N–H and O–H groups in total. The van der Waals surface area contributed by atoms with Crippen molar-refractivity contribution in [3.8, 4) is 0 Å². The third kappa shape index (κ3) is 3.44. The molecule has 1 unspecified atom stereocenters. The Morgan fingerprint density at radius 3 is 2.84 bits per heavy atom. The van der Waals surface area contributed by atoms with Crippen molar-refractivity contribution in [2.45, 2.75) is 26.7 Å². The number of hydrogen-bond donors (Lipinski definition) is 2. The molecule has 0 spiro atoms. The highest BCUT2D eigenvalue weighted by molar-refractivity contribution is 5.91. The van der Waals surface area contributed by atoms with Crippen LogP contribution in [0.3, 0.4) is 0 Å². The van der Waals surface area contributed by atoms with Gasteiger partial charge in [-0.05, 0) is 24.5 Å². The number of fused-ring (bicyclic) bond motifs is 1. The van der Waals surface area contributed by atoms with E-state index in [0.29, 0.717) is 0 Å². The van der Waals surface area contributed by atoms with Gasteiger partial charge in [0.25, 0.3) is 0 Å². The van der Waals surface area contributed by atoms with Gasteiger partial charge < -0.3 is 10.4 Å². The third-order valence-corrected chi connectivity index (χ3v) is 3.23. The minimum atomic E-state index is 0.206. The number of aliphatic hydroxyl groups excluding tert-OH is 1. The Bertz CT molecular complexity index is 539. The molecule has 3 nitrogen and oxygen atoms in total. The number of para-hydroxylation sites is 1. The van der Waals surface area contributed by atoms with E-state index in [9.17, 15) is 0 Å². The fourth-order valence-corrected chi connectivity index (χ4v) is 2.11. The highest BCUT2D eigenvalue weighted by Gasteiger charge is 2.06. The van der Waals surface area contributed by atoms with Crippen LogP contribution in [0.5, 0.6) is 0 Å². The summed E-state index contributed by atoms with van der Waals surface area (Å²) in [7, 11) is 0. The number of benzene rings is 1. The zero-order chi connectivity index (χ0) is 13.7. The fourth-order valence-electron chi connectivity index (χ4n) is 2.11. The van der Waals surface area contributed by atoms with Gasteiger partial charge in [0.2, 0.25) is 0 Å². The Labute approximate surface area is 114 Å². The van der Waals surface area contributed by atoms with Crippen LogP contribution in [0.2, 0.25) is 0 Å². The van der Waals surface area contributed by atoms with E-state index in [1.54, 1.807) is 0 Å². The monoisotopic (exact) mass is 258 g/mol. The smallest absolute Gasteiger partial charge is 0.0726 e. The first-order chi connectivity index (χ1) is 9.24. The van der Waals surface area contributed by atoms with Crippen LogP contribution >= 0.6 is 0 Å². The molecule has 2 rings (SSSR count). The molecule has 0 saturated heterocycles. The van der Waals surface area contributed by atoms with Crippen molar-refractivity contribution in [2.24, 2.45) is 5.92 Å². The molecule has 0 aliphatic rings. The lowest BCUT2D eigenvalue weighted by Gasteiger charge is -2.14. The summed E-state index contributed by atoms with van der Waals surface area (Å²) in [5, 5.41) is 13.7. The minimum Gasteiger partial charge on any atom is -0.396 e. The average Bonchev–Trinajstić information content (AvgIpc) is 2.44. The quantitative estimate of drug-likeness (QED) is 0.836. The molecule has 1 aromatic carbocycles. The highest BCUT2D eigenvalue weighted by atomic mass is 16.3. The second kappa shape index (κ2) is 6.53. The SMILES string of the molecule is CCCc1cc(NCC(C)CO)c2ccccc2n1. The summed E-state index contributed by atoms with van der Waals surface area (Å²) in [6.45, 7) is 5.18. The molecule has 3 heteroatoms. The Morgan fingerprint density at radius 1 is 1.32 bits per heavy atom. The molecular formula is C16H22N2O. The maximum atomic E-state index is 9.11. The van der Waals surface area contributed by atoms with Gasteiger partial charge in [0.1, 0.15) is 0 Å². The lowest BCUT2D eigenvalue weighted by Crippen LogP contribution is -2.15. The van der Waals surface area contributed by atoms with Gasteiger partial charge in [0, 0.05) is 29.9 Å². The lowest BCUT2D eigenvalue weighted by atomic mass is 10.1. The average molecular weight is 258 g/mol. The van der Waals surface area contributed by atoms with Crippen LogP contribution in [0.15, 0.2) is 30.3 Å². The summed E-state index contributed by atoms with van der Waals surface area (Å²) in [4.78, 5) is 4.68. The number of anilines is 1. The number of aromatic nitrogens is 1. The Hall–Kier alpha value is -1.61. The Balaban J connectivity index is 2.33. The van der Waals surface area contributed by atoms with Crippen LogP contribution in [0.4, 0.5) is 5.69 Å². The summed E-state index contributed by atoms with van der Waals surface area (Å²) in [6.07, 6.45) is 2.09. The molecule has 0 aliphatic heterocycles. The molecule has 0 fully saturated rings. The van der Waals surface area contributed by atoms with E-state index in [1.165, 1.54) is 0 Å². The van der Waals surface area contributed by atoms with E-state index in [1.807, 2.05) is 19.1 Å². The molecule has 102 valence electrons. The zero-order valence-corrected chi connectivity index (χ0v) is 11.7. The molecule has 0 amide bonds. The highest BCUT2D eigenvalue weighted by Crippen LogP contribution is 2.23. The van der Waals surface area contributed by atoms with Crippen molar-refractivity contribution in [3.63, 3.8) is 0 Å². The number of aryl methyl sites for hydroxylation is 1. The summed E-state index contributed by atoms with van der Waals surface area (Å²) < 4.78 is 0. The maximum absolute atomic E-state index is 9.11. The van der Waals surface area contributed by atoms with Crippen molar-refractivity contribution in [2.75, 3.05) is 18.5 Å². The van der Waals surface area contributed by atoms with E-state index in [2.05, 4.69) is 35.4 Å². The summed E-state index contributed by atoms with van der Waals surface area (Å²) >= 11 is 0. The van der Waals surface area contributed by atoms with E-state index >= 15 is 0 Å².